The van der Waals surface area contributed by atoms with E-state index in [4.69, 9.17) is 0 Å². The number of anilines is 1. The van der Waals surface area contributed by atoms with E-state index in [2.05, 4.69) is 36.6 Å². The molecule has 5 heterocycles. The van der Waals surface area contributed by atoms with Crippen LogP contribution in [0.4, 0.5) is 5.95 Å². The Balaban J connectivity index is 1.59. The van der Waals surface area contributed by atoms with E-state index in [-0.39, 0.29) is 0 Å². The van der Waals surface area contributed by atoms with Gasteiger partial charge in [-0.15, -0.1) is 0 Å². The van der Waals surface area contributed by atoms with E-state index in [0.29, 0.717) is 6.04 Å². The van der Waals surface area contributed by atoms with Crippen molar-refractivity contribution in [2.24, 2.45) is 0 Å². The van der Waals surface area contributed by atoms with Crippen LogP contribution in [0.2, 0.25) is 0 Å². The molecule has 0 unspecified atom stereocenters. The molecule has 0 saturated carbocycles. The minimum atomic E-state index is 0.626. The van der Waals surface area contributed by atoms with Crippen molar-refractivity contribution < 1.29 is 0 Å². The zero-order valence-electron chi connectivity index (χ0n) is 11.4. The molecule has 3 saturated heterocycles. The summed E-state index contributed by atoms with van der Waals surface area (Å²) in [5, 5.41) is 4.23. The zero-order chi connectivity index (χ0) is 13.4. The van der Waals surface area contributed by atoms with E-state index < -0.39 is 0 Å². The van der Waals surface area contributed by atoms with Gasteiger partial charge in [0.25, 0.3) is 0 Å². The van der Waals surface area contributed by atoms with Gasteiger partial charge in [-0.3, -0.25) is 0 Å². The molecule has 20 heavy (non-hydrogen) atoms. The number of rotatable bonds is 2. The summed E-state index contributed by atoms with van der Waals surface area (Å²) in [7, 11) is 0. The van der Waals surface area contributed by atoms with Gasteiger partial charge in [-0.1, -0.05) is 0 Å². The summed E-state index contributed by atoms with van der Waals surface area (Å²) in [6.45, 7) is 4.66. The molecule has 0 N–H and O–H groups in total. The number of piperidine rings is 1. The summed E-state index contributed by atoms with van der Waals surface area (Å²) in [4.78, 5) is 14.2. The molecule has 3 fully saturated rings. The molecule has 0 spiro atoms. The predicted octanol–water partition coefficient (Wildman–Crippen LogP) is 2.49. The van der Waals surface area contributed by atoms with E-state index >= 15 is 0 Å². The van der Waals surface area contributed by atoms with Crippen molar-refractivity contribution in [3.05, 3.63) is 29.2 Å². The fourth-order valence-corrected chi connectivity index (χ4v) is 3.86. The van der Waals surface area contributed by atoms with Gasteiger partial charge in [-0.2, -0.15) is 11.3 Å². The summed E-state index contributed by atoms with van der Waals surface area (Å²) in [5.74, 6) is 0.901. The molecule has 2 aromatic rings. The van der Waals surface area contributed by atoms with Crippen molar-refractivity contribution in [2.45, 2.75) is 18.9 Å². The molecule has 5 rings (SSSR count). The predicted molar refractivity (Wildman–Crippen MR) is 82.2 cm³/mol. The Morgan fingerprint density at radius 2 is 1.80 bits per heavy atom. The molecule has 3 aliphatic rings. The number of nitrogens with zero attached hydrogens (tertiary/aromatic N) is 4. The van der Waals surface area contributed by atoms with Crippen molar-refractivity contribution in [2.75, 3.05) is 31.1 Å². The van der Waals surface area contributed by atoms with E-state index in [1.165, 1.54) is 31.5 Å². The van der Waals surface area contributed by atoms with Crippen LogP contribution < -0.4 is 4.90 Å². The number of thiophene rings is 1. The Kier molecular flexibility index (Phi) is 3.16. The summed E-state index contributed by atoms with van der Waals surface area (Å²) in [6.07, 6.45) is 6.41. The number of hydrogen-bond acceptors (Lipinski definition) is 5. The third-order valence-electron chi connectivity index (χ3n) is 4.40. The normalized spacial score (nSPS) is 25.7. The number of aromatic nitrogens is 2. The Morgan fingerprint density at radius 1 is 1.00 bits per heavy atom. The third-order valence-corrected chi connectivity index (χ3v) is 5.09. The molecule has 0 atom stereocenters. The highest BCUT2D eigenvalue weighted by Crippen LogP contribution is 2.26. The van der Waals surface area contributed by atoms with Crippen LogP contribution in [0.3, 0.4) is 0 Å². The lowest BCUT2D eigenvalue weighted by Gasteiger charge is -2.31. The van der Waals surface area contributed by atoms with E-state index in [9.17, 15) is 0 Å². The maximum absolute atomic E-state index is 4.62. The van der Waals surface area contributed by atoms with Gasteiger partial charge in [-0.25, -0.2) is 9.97 Å². The molecule has 2 bridgehead atoms. The van der Waals surface area contributed by atoms with E-state index in [1.807, 2.05) is 12.4 Å². The maximum Gasteiger partial charge on any atom is 0.225 e. The lowest BCUT2D eigenvalue weighted by atomic mass is 10.1. The molecule has 4 nitrogen and oxygen atoms in total. The second-order valence-corrected chi connectivity index (χ2v) is 6.33. The van der Waals surface area contributed by atoms with Crippen LogP contribution in [0.1, 0.15) is 12.8 Å². The molecule has 0 radical (unpaired) electrons. The average molecular weight is 286 g/mol. The molecule has 5 heteroatoms. The Bertz CT molecular complexity index is 558. The van der Waals surface area contributed by atoms with E-state index in [1.54, 1.807) is 11.3 Å². The molecule has 0 aliphatic carbocycles. The second kappa shape index (κ2) is 5.14. The van der Waals surface area contributed by atoms with Gasteiger partial charge in [0, 0.05) is 50.2 Å². The van der Waals surface area contributed by atoms with Crippen molar-refractivity contribution in [1.29, 1.82) is 0 Å². The third kappa shape index (κ3) is 2.21. The summed E-state index contributed by atoms with van der Waals surface area (Å²) >= 11 is 1.71. The topological polar surface area (TPSA) is 32.3 Å². The molecule has 3 aliphatic heterocycles. The largest absolute Gasteiger partial charge is 0.336 e. The first-order valence-corrected chi connectivity index (χ1v) is 8.18. The van der Waals surface area contributed by atoms with Crippen LogP contribution >= 0.6 is 11.3 Å². The molecular weight excluding hydrogens is 268 g/mol. The highest BCUT2D eigenvalue weighted by Gasteiger charge is 2.30. The first kappa shape index (κ1) is 12.3. The van der Waals surface area contributed by atoms with Gasteiger partial charge >= 0.3 is 0 Å². The fourth-order valence-electron chi connectivity index (χ4n) is 3.20. The molecular formula is C15H18N4S. The highest BCUT2D eigenvalue weighted by atomic mass is 32.1. The van der Waals surface area contributed by atoms with Crippen molar-refractivity contribution in [3.8, 4) is 11.1 Å². The van der Waals surface area contributed by atoms with Crippen LogP contribution in [0.5, 0.6) is 0 Å². The van der Waals surface area contributed by atoms with Crippen molar-refractivity contribution >= 4 is 17.3 Å². The Hall–Kier alpha value is -1.46. The average Bonchev–Trinajstić information content (AvgIpc) is 2.88. The van der Waals surface area contributed by atoms with Crippen LogP contribution in [0.25, 0.3) is 11.1 Å². The minimum Gasteiger partial charge on any atom is -0.336 e. The zero-order valence-corrected chi connectivity index (χ0v) is 12.2. The molecule has 2 aromatic heterocycles. The smallest absolute Gasteiger partial charge is 0.225 e. The fraction of sp³-hybridized carbons (Fsp3) is 0.467. The number of fused-ring (bicyclic) bond motifs is 4. The van der Waals surface area contributed by atoms with Gasteiger partial charge in [0.2, 0.25) is 5.95 Å². The van der Waals surface area contributed by atoms with Crippen LogP contribution in [-0.4, -0.2) is 47.1 Å². The van der Waals surface area contributed by atoms with Crippen LogP contribution in [0, 0.1) is 0 Å². The second-order valence-electron chi connectivity index (χ2n) is 5.55. The maximum atomic E-state index is 4.62. The standard InChI is InChI=1S/C15H18N4S/c1-4-18-5-2-14(1)19(7-6-18)15-16-9-13(10-17-15)12-3-8-20-11-12/h3,8-11,14H,1-2,4-7H2. The lowest BCUT2D eigenvalue weighted by Crippen LogP contribution is -2.38. The van der Waals surface area contributed by atoms with Crippen molar-refractivity contribution in [1.82, 2.24) is 14.9 Å². The first-order valence-electron chi connectivity index (χ1n) is 7.24. The lowest BCUT2D eigenvalue weighted by molar-refractivity contribution is 0.250. The molecule has 104 valence electrons. The minimum absolute atomic E-state index is 0.626. The quantitative estimate of drug-likeness (QED) is 0.849. The summed E-state index contributed by atoms with van der Waals surface area (Å²) < 4.78 is 0. The van der Waals surface area contributed by atoms with Crippen LogP contribution in [-0.2, 0) is 0 Å². The highest BCUT2D eigenvalue weighted by molar-refractivity contribution is 7.08. The van der Waals surface area contributed by atoms with Crippen LogP contribution in [0.15, 0.2) is 29.2 Å². The monoisotopic (exact) mass is 286 g/mol. The first-order chi connectivity index (χ1) is 9.90. The van der Waals surface area contributed by atoms with Gasteiger partial charge < -0.3 is 9.80 Å². The number of hydrogen-bond donors (Lipinski definition) is 0. The van der Waals surface area contributed by atoms with Gasteiger partial charge in [0.1, 0.15) is 0 Å². The Labute approximate surface area is 123 Å². The van der Waals surface area contributed by atoms with E-state index in [0.717, 1.165) is 24.6 Å². The molecule has 0 amide bonds. The Morgan fingerprint density at radius 3 is 2.50 bits per heavy atom. The summed E-state index contributed by atoms with van der Waals surface area (Å²) in [5.41, 5.74) is 2.32. The molecule has 0 aromatic carbocycles. The van der Waals surface area contributed by atoms with Gasteiger partial charge in [0.15, 0.2) is 0 Å². The summed E-state index contributed by atoms with van der Waals surface area (Å²) in [6, 6.07) is 2.74. The van der Waals surface area contributed by atoms with Gasteiger partial charge in [0.05, 0.1) is 0 Å². The SMILES string of the molecule is c1cc(-c2cnc(N3CCN4CCC3CC4)nc2)cs1. The van der Waals surface area contributed by atoms with Crippen molar-refractivity contribution in [3.63, 3.8) is 0 Å². The van der Waals surface area contributed by atoms with Gasteiger partial charge in [-0.05, 0) is 35.2 Å².